The zero-order chi connectivity index (χ0) is 23.8. The molecule has 0 atom stereocenters. The average molecular weight is 515 g/mol. The predicted octanol–water partition coefficient (Wildman–Crippen LogP) is 6.03. The standard InChI is InChI=1S/C27H23BrN4O2/c1-17-23(26(33)31(29-17)21-9-5-3-6-10-21)25(19-13-15-20(28)16-14-19)24-18(2)30-32(27(24)34)22-11-7-4-8-12-22/h3-16,25,33-34H,1-2H3. The van der Waals surface area contributed by atoms with E-state index in [-0.39, 0.29) is 11.8 Å². The maximum Gasteiger partial charge on any atom is 0.218 e. The van der Waals surface area contributed by atoms with Gasteiger partial charge in [0, 0.05) is 21.5 Å². The van der Waals surface area contributed by atoms with Crippen LogP contribution in [0.1, 0.15) is 34.0 Å². The Morgan fingerprint density at radius 3 is 1.47 bits per heavy atom. The van der Waals surface area contributed by atoms with Gasteiger partial charge in [0.25, 0.3) is 0 Å². The van der Waals surface area contributed by atoms with Gasteiger partial charge in [0.15, 0.2) is 0 Å². The first-order valence-corrected chi connectivity index (χ1v) is 11.7. The molecule has 0 aliphatic carbocycles. The molecule has 0 aliphatic rings. The summed E-state index contributed by atoms with van der Waals surface area (Å²) in [7, 11) is 0. The van der Waals surface area contributed by atoms with Gasteiger partial charge < -0.3 is 10.2 Å². The summed E-state index contributed by atoms with van der Waals surface area (Å²) in [5.74, 6) is -0.422. The van der Waals surface area contributed by atoms with Crippen molar-refractivity contribution in [1.29, 1.82) is 0 Å². The zero-order valence-electron chi connectivity index (χ0n) is 18.7. The molecule has 5 rings (SSSR count). The van der Waals surface area contributed by atoms with E-state index in [9.17, 15) is 10.2 Å². The van der Waals surface area contributed by atoms with Crippen LogP contribution in [-0.2, 0) is 0 Å². The Morgan fingerprint density at radius 1 is 0.647 bits per heavy atom. The normalized spacial score (nSPS) is 11.3. The number of aromatic hydroxyl groups is 2. The molecule has 3 aromatic carbocycles. The monoisotopic (exact) mass is 514 g/mol. The molecule has 0 fully saturated rings. The second-order valence-corrected chi connectivity index (χ2v) is 9.04. The molecule has 170 valence electrons. The summed E-state index contributed by atoms with van der Waals surface area (Å²) in [6.45, 7) is 3.74. The molecule has 0 saturated heterocycles. The summed E-state index contributed by atoms with van der Waals surface area (Å²) in [6.07, 6.45) is 0. The van der Waals surface area contributed by atoms with E-state index in [0.29, 0.717) is 22.5 Å². The van der Waals surface area contributed by atoms with Crippen LogP contribution >= 0.6 is 15.9 Å². The first kappa shape index (κ1) is 22.0. The lowest BCUT2D eigenvalue weighted by molar-refractivity contribution is 0.420. The maximum atomic E-state index is 11.4. The molecular formula is C27H23BrN4O2. The molecule has 5 aromatic rings. The molecule has 2 N–H and O–H groups in total. The highest BCUT2D eigenvalue weighted by atomic mass is 79.9. The van der Waals surface area contributed by atoms with E-state index in [4.69, 9.17) is 0 Å². The second kappa shape index (κ2) is 8.83. The number of nitrogens with zero attached hydrogens (tertiary/aromatic N) is 4. The number of aryl methyl sites for hydroxylation is 2. The molecule has 2 heterocycles. The predicted molar refractivity (Wildman–Crippen MR) is 135 cm³/mol. The van der Waals surface area contributed by atoms with Gasteiger partial charge in [0.05, 0.1) is 22.8 Å². The first-order chi connectivity index (χ1) is 16.5. The second-order valence-electron chi connectivity index (χ2n) is 8.12. The lowest BCUT2D eigenvalue weighted by Gasteiger charge is -2.18. The van der Waals surface area contributed by atoms with Crippen molar-refractivity contribution in [2.45, 2.75) is 19.8 Å². The molecule has 6 nitrogen and oxygen atoms in total. The van der Waals surface area contributed by atoms with E-state index in [0.717, 1.165) is 21.4 Å². The third kappa shape index (κ3) is 3.78. The van der Waals surface area contributed by atoms with Crippen LogP contribution in [0.5, 0.6) is 11.8 Å². The third-order valence-corrected chi connectivity index (χ3v) is 6.47. The van der Waals surface area contributed by atoms with Gasteiger partial charge in [-0.05, 0) is 55.8 Å². The van der Waals surface area contributed by atoms with Crippen molar-refractivity contribution >= 4 is 15.9 Å². The highest BCUT2D eigenvalue weighted by molar-refractivity contribution is 9.10. The van der Waals surface area contributed by atoms with Crippen LogP contribution in [0.25, 0.3) is 11.4 Å². The molecule has 34 heavy (non-hydrogen) atoms. The summed E-state index contributed by atoms with van der Waals surface area (Å²) in [6, 6.07) is 26.9. The molecule has 0 radical (unpaired) electrons. The van der Waals surface area contributed by atoms with Gasteiger partial charge >= 0.3 is 0 Å². The summed E-state index contributed by atoms with van der Waals surface area (Å²) in [5.41, 5.74) is 4.99. The zero-order valence-corrected chi connectivity index (χ0v) is 20.3. The fourth-order valence-corrected chi connectivity index (χ4v) is 4.63. The van der Waals surface area contributed by atoms with Gasteiger partial charge in [-0.15, -0.1) is 0 Å². The van der Waals surface area contributed by atoms with E-state index in [1.54, 1.807) is 0 Å². The molecular weight excluding hydrogens is 492 g/mol. The maximum absolute atomic E-state index is 11.4. The van der Waals surface area contributed by atoms with Crippen LogP contribution < -0.4 is 0 Å². The smallest absolute Gasteiger partial charge is 0.218 e. The van der Waals surface area contributed by atoms with Crippen LogP contribution in [0.3, 0.4) is 0 Å². The largest absolute Gasteiger partial charge is 0.493 e. The van der Waals surface area contributed by atoms with Gasteiger partial charge in [0.2, 0.25) is 11.8 Å². The number of para-hydroxylation sites is 2. The lowest BCUT2D eigenvalue weighted by Crippen LogP contribution is -2.06. The van der Waals surface area contributed by atoms with Crippen molar-refractivity contribution in [2.75, 3.05) is 0 Å². The van der Waals surface area contributed by atoms with Gasteiger partial charge in [-0.25, -0.2) is 9.36 Å². The summed E-state index contributed by atoms with van der Waals surface area (Å²) >= 11 is 3.50. The highest BCUT2D eigenvalue weighted by Gasteiger charge is 2.32. The van der Waals surface area contributed by atoms with Crippen molar-refractivity contribution in [1.82, 2.24) is 19.6 Å². The minimum atomic E-state index is -0.483. The molecule has 0 bridgehead atoms. The Kier molecular flexibility index (Phi) is 5.71. The highest BCUT2D eigenvalue weighted by Crippen LogP contribution is 2.44. The average Bonchev–Trinajstić information content (AvgIpc) is 3.32. The summed E-state index contributed by atoms with van der Waals surface area (Å²) < 4.78 is 4.01. The molecule has 7 heteroatoms. The fraction of sp³-hybridized carbons (Fsp3) is 0.111. The molecule has 0 aliphatic heterocycles. The number of aromatic nitrogens is 4. The topological polar surface area (TPSA) is 76.1 Å². The van der Waals surface area contributed by atoms with Gasteiger partial charge in [0.1, 0.15) is 0 Å². The van der Waals surface area contributed by atoms with Gasteiger partial charge in [-0.1, -0.05) is 64.5 Å². The third-order valence-electron chi connectivity index (χ3n) is 5.94. The fourth-order valence-electron chi connectivity index (χ4n) is 4.36. The Hall–Kier alpha value is -3.84. The Bertz CT molecular complexity index is 1350. The van der Waals surface area contributed by atoms with Crippen molar-refractivity contribution in [3.63, 3.8) is 0 Å². The quantitative estimate of drug-likeness (QED) is 0.300. The number of benzene rings is 3. The van der Waals surface area contributed by atoms with Crippen molar-refractivity contribution in [3.05, 3.63) is 117 Å². The van der Waals surface area contributed by atoms with Gasteiger partial charge in [-0.2, -0.15) is 10.2 Å². The van der Waals surface area contributed by atoms with E-state index < -0.39 is 5.92 Å². The van der Waals surface area contributed by atoms with E-state index >= 15 is 0 Å². The van der Waals surface area contributed by atoms with Crippen molar-refractivity contribution < 1.29 is 10.2 Å². The lowest BCUT2D eigenvalue weighted by atomic mass is 9.85. The minimum Gasteiger partial charge on any atom is -0.493 e. The summed E-state index contributed by atoms with van der Waals surface area (Å²) in [4.78, 5) is 0. The van der Waals surface area contributed by atoms with Crippen LogP contribution in [0.15, 0.2) is 89.4 Å². The number of hydrogen-bond acceptors (Lipinski definition) is 4. The first-order valence-electron chi connectivity index (χ1n) is 10.9. The Balaban J connectivity index is 1.75. The Morgan fingerprint density at radius 2 is 1.06 bits per heavy atom. The van der Waals surface area contributed by atoms with Crippen molar-refractivity contribution in [2.24, 2.45) is 0 Å². The molecule has 0 spiro atoms. The molecule has 0 amide bonds. The van der Waals surface area contributed by atoms with E-state index in [1.165, 1.54) is 9.36 Å². The summed E-state index contributed by atoms with van der Waals surface area (Å²) in [5, 5.41) is 32.1. The van der Waals surface area contributed by atoms with Gasteiger partial charge in [-0.3, -0.25) is 0 Å². The number of hydrogen-bond donors (Lipinski definition) is 2. The Labute approximate surface area is 205 Å². The molecule has 2 aromatic heterocycles. The van der Waals surface area contributed by atoms with Crippen molar-refractivity contribution in [3.8, 4) is 23.1 Å². The SMILES string of the molecule is Cc1nn(-c2ccccc2)c(O)c1C(c1ccc(Br)cc1)c1c(C)nn(-c2ccccc2)c1O. The van der Waals surface area contributed by atoms with Crippen LogP contribution in [-0.4, -0.2) is 29.8 Å². The minimum absolute atomic E-state index is 0.0304. The molecule has 0 saturated carbocycles. The number of halogens is 1. The van der Waals surface area contributed by atoms with E-state index in [1.807, 2.05) is 98.8 Å². The van der Waals surface area contributed by atoms with Crippen LogP contribution in [0.4, 0.5) is 0 Å². The van der Waals surface area contributed by atoms with E-state index in [2.05, 4.69) is 26.1 Å². The number of rotatable bonds is 5. The van der Waals surface area contributed by atoms with Crippen LogP contribution in [0.2, 0.25) is 0 Å². The van der Waals surface area contributed by atoms with Crippen LogP contribution in [0, 0.1) is 13.8 Å². The molecule has 0 unspecified atom stereocenters.